The quantitative estimate of drug-likeness (QED) is 0.686. The summed E-state index contributed by atoms with van der Waals surface area (Å²) in [6.45, 7) is 1.97. The van der Waals surface area contributed by atoms with Crippen molar-refractivity contribution in [2.75, 3.05) is 26.5 Å². The first-order valence-corrected chi connectivity index (χ1v) is 8.56. The Labute approximate surface area is 150 Å². The summed E-state index contributed by atoms with van der Waals surface area (Å²) in [4.78, 5) is 14.6. The molecule has 3 N–H and O–H groups in total. The van der Waals surface area contributed by atoms with Crippen molar-refractivity contribution in [2.45, 2.75) is 12.5 Å². The third kappa shape index (κ3) is 3.53. The van der Waals surface area contributed by atoms with Crippen molar-refractivity contribution < 1.29 is 9.84 Å². The number of nitrogens with zero attached hydrogens (tertiary/aromatic N) is 3. The minimum absolute atomic E-state index is 0.230. The number of aromatic nitrogens is 2. The SMILES string of the molecule is CN=Cc1cc(-c2ccc3cc(C(C)(O)COC)sc3n2)cnc1N. The van der Waals surface area contributed by atoms with E-state index in [9.17, 15) is 5.11 Å². The van der Waals surface area contributed by atoms with Gasteiger partial charge in [-0.25, -0.2) is 9.97 Å². The number of thiophene rings is 1. The molecule has 6 nitrogen and oxygen atoms in total. The van der Waals surface area contributed by atoms with E-state index in [0.29, 0.717) is 5.82 Å². The maximum Gasteiger partial charge on any atom is 0.132 e. The number of rotatable bonds is 5. The molecule has 25 heavy (non-hydrogen) atoms. The van der Waals surface area contributed by atoms with Gasteiger partial charge in [-0.2, -0.15) is 0 Å². The molecule has 7 heteroatoms. The highest BCUT2D eigenvalue weighted by Gasteiger charge is 2.25. The van der Waals surface area contributed by atoms with Crippen LogP contribution >= 0.6 is 11.3 Å². The van der Waals surface area contributed by atoms with Gasteiger partial charge >= 0.3 is 0 Å². The van der Waals surface area contributed by atoms with Gasteiger partial charge in [-0.3, -0.25) is 4.99 Å². The fourth-order valence-electron chi connectivity index (χ4n) is 2.57. The molecule has 0 aromatic carbocycles. The van der Waals surface area contributed by atoms with E-state index >= 15 is 0 Å². The highest BCUT2D eigenvalue weighted by atomic mass is 32.1. The van der Waals surface area contributed by atoms with E-state index in [1.165, 1.54) is 11.3 Å². The highest BCUT2D eigenvalue weighted by Crippen LogP contribution is 2.34. The van der Waals surface area contributed by atoms with Crippen LogP contribution in [0, 0.1) is 0 Å². The Kier molecular flexibility index (Phi) is 4.80. The molecular weight excluding hydrogens is 336 g/mol. The van der Waals surface area contributed by atoms with Crippen LogP contribution in [0.25, 0.3) is 21.5 Å². The number of aliphatic imine (C=N–C) groups is 1. The fourth-order valence-corrected chi connectivity index (χ4v) is 3.63. The molecule has 0 amide bonds. The zero-order chi connectivity index (χ0) is 18.0. The highest BCUT2D eigenvalue weighted by molar-refractivity contribution is 7.18. The number of fused-ring (bicyclic) bond motifs is 1. The Hall–Kier alpha value is -2.35. The minimum Gasteiger partial charge on any atom is -0.383 e. The van der Waals surface area contributed by atoms with Crippen LogP contribution in [0.15, 0.2) is 35.5 Å². The summed E-state index contributed by atoms with van der Waals surface area (Å²) in [5, 5.41) is 11.5. The van der Waals surface area contributed by atoms with E-state index in [1.807, 2.05) is 24.3 Å². The second kappa shape index (κ2) is 6.87. The Morgan fingerprint density at radius 3 is 2.92 bits per heavy atom. The van der Waals surface area contributed by atoms with Crippen LogP contribution in [0.4, 0.5) is 5.82 Å². The Balaban J connectivity index is 2.03. The zero-order valence-electron chi connectivity index (χ0n) is 14.4. The normalized spacial score (nSPS) is 14.2. The molecular formula is C18H20N4O2S. The topological polar surface area (TPSA) is 93.6 Å². The first-order chi connectivity index (χ1) is 11.9. The summed E-state index contributed by atoms with van der Waals surface area (Å²) in [5.41, 5.74) is 7.25. The van der Waals surface area contributed by atoms with E-state index in [1.54, 1.807) is 33.5 Å². The van der Waals surface area contributed by atoms with Crippen molar-refractivity contribution in [1.29, 1.82) is 0 Å². The molecule has 3 rings (SSSR count). The summed E-state index contributed by atoms with van der Waals surface area (Å²) < 4.78 is 5.10. The van der Waals surface area contributed by atoms with E-state index in [2.05, 4.69) is 9.98 Å². The molecule has 3 heterocycles. The van der Waals surface area contributed by atoms with Gasteiger partial charge in [0.05, 0.1) is 12.3 Å². The van der Waals surface area contributed by atoms with Gasteiger partial charge in [0.15, 0.2) is 0 Å². The van der Waals surface area contributed by atoms with Crippen molar-refractivity contribution >= 4 is 33.6 Å². The molecule has 130 valence electrons. The molecule has 1 atom stereocenters. The average Bonchev–Trinajstić information content (AvgIpc) is 3.01. The van der Waals surface area contributed by atoms with E-state index in [4.69, 9.17) is 15.5 Å². The molecule has 0 spiro atoms. The molecule has 0 saturated heterocycles. The minimum atomic E-state index is -1.03. The predicted octanol–water partition coefficient (Wildman–Crippen LogP) is 2.84. The number of hydrogen-bond acceptors (Lipinski definition) is 7. The van der Waals surface area contributed by atoms with Gasteiger partial charge in [0.2, 0.25) is 0 Å². The van der Waals surface area contributed by atoms with Crippen LogP contribution in [0.2, 0.25) is 0 Å². The predicted molar refractivity (Wildman–Crippen MR) is 102 cm³/mol. The molecule has 3 aromatic rings. The summed E-state index contributed by atoms with van der Waals surface area (Å²) >= 11 is 1.46. The lowest BCUT2D eigenvalue weighted by molar-refractivity contribution is -0.0180. The van der Waals surface area contributed by atoms with Gasteiger partial charge in [0.25, 0.3) is 0 Å². The third-order valence-corrected chi connectivity index (χ3v) is 5.15. The lowest BCUT2D eigenvalue weighted by Crippen LogP contribution is -2.25. The number of nitrogen functional groups attached to an aromatic ring is 1. The van der Waals surface area contributed by atoms with Gasteiger partial charge in [0, 0.05) is 48.0 Å². The maximum absolute atomic E-state index is 10.5. The Morgan fingerprint density at radius 1 is 1.40 bits per heavy atom. The van der Waals surface area contributed by atoms with Gasteiger partial charge in [-0.1, -0.05) is 0 Å². The molecule has 1 unspecified atom stereocenters. The second-order valence-corrected chi connectivity index (χ2v) is 7.02. The van der Waals surface area contributed by atoms with Crippen LogP contribution in [0.1, 0.15) is 17.4 Å². The second-order valence-electron chi connectivity index (χ2n) is 5.99. The number of nitrogens with two attached hydrogens (primary N) is 1. The van der Waals surface area contributed by atoms with Crippen molar-refractivity contribution in [3.05, 3.63) is 40.9 Å². The first-order valence-electron chi connectivity index (χ1n) is 7.75. The van der Waals surface area contributed by atoms with Gasteiger partial charge in [0.1, 0.15) is 16.2 Å². The zero-order valence-corrected chi connectivity index (χ0v) is 15.2. The number of aliphatic hydroxyl groups is 1. The standard InChI is InChI=1S/C18H20N4O2S/c1-18(23,10-24-3)15-7-11-4-5-14(22-17(11)25-15)12-6-13(8-20-2)16(19)21-9-12/h4-9,23H,10H2,1-3H3,(H2,19,21). The number of pyridine rings is 2. The summed E-state index contributed by atoms with van der Waals surface area (Å²) in [5.74, 6) is 0.435. The smallest absolute Gasteiger partial charge is 0.132 e. The van der Waals surface area contributed by atoms with Gasteiger partial charge in [-0.15, -0.1) is 11.3 Å². The third-order valence-electron chi connectivity index (χ3n) is 3.85. The van der Waals surface area contributed by atoms with Crippen molar-refractivity contribution in [3.63, 3.8) is 0 Å². The van der Waals surface area contributed by atoms with E-state index < -0.39 is 5.60 Å². The summed E-state index contributed by atoms with van der Waals surface area (Å²) in [6.07, 6.45) is 3.38. The van der Waals surface area contributed by atoms with Crippen LogP contribution in [0.5, 0.6) is 0 Å². The summed E-state index contributed by atoms with van der Waals surface area (Å²) in [7, 11) is 3.26. The first kappa shape index (κ1) is 17.5. The largest absolute Gasteiger partial charge is 0.383 e. The van der Waals surface area contributed by atoms with Crippen LogP contribution in [0.3, 0.4) is 0 Å². The number of ether oxygens (including phenoxy) is 1. The van der Waals surface area contributed by atoms with Gasteiger partial charge < -0.3 is 15.6 Å². The Morgan fingerprint density at radius 2 is 2.20 bits per heavy atom. The monoisotopic (exact) mass is 356 g/mol. The van der Waals surface area contributed by atoms with E-state index in [-0.39, 0.29) is 6.61 Å². The number of hydrogen-bond donors (Lipinski definition) is 2. The number of anilines is 1. The molecule has 0 aliphatic carbocycles. The summed E-state index contributed by atoms with van der Waals surface area (Å²) in [6, 6.07) is 7.79. The molecule has 0 saturated carbocycles. The molecule has 0 radical (unpaired) electrons. The molecule has 0 fully saturated rings. The van der Waals surface area contributed by atoms with Crippen molar-refractivity contribution in [3.8, 4) is 11.3 Å². The van der Waals surface area contributed by atoms with Gasteiger partial charge in [-0.05, 0) is 31.2 Å². The van der Waals surface area contributed by atoms with Crippen molar-refractivity contribution in [1.82, 2.24) is 9.97 Å². The van der Waals surface area contributed by atoms with E-state index in [0.717, 1.165) is 31.9 Å². The molecule has 0 aliphatic heterocycles. The lowest BCUT2D eigenvalue weighted by Gasteiger charge is -2.20. The van der Waals surface area contributed by atoms with Crippen LogP contribution < -0.4 is 5.73 Å². The lowest BCUT2D eigenvalue weighted by atomic mass is 10.1. The molecule has 3 aromatic heterocycles. The average molecular weight is 356 g/mol. The number of methoxy groups -OCH3 is 1. The molecule has 0 bridgehead atoms. The fraction of sp³-hybridized carbons (Fsp3) is 0.278. The maximum atomic E-state index is 10.5. The van der Waals surface area contributed by atoms with Crippen molar-refractivity contribution in [2.24, 2.45) is 4.99 Å². The molecule has 0 aliphatic rings. The van der Waals surface area contributed by atoms with Crippen LogP contribution in [-0.4, -0.2) is 42.1 Å². The Bertz CT molecular complexity index is 934. The van der Waals surface area contributed by atoms with Crippen LogP contribution in [-0.2, 0) is 10.3 Å².